The number of aryl methyl sites for hydroxylation is 1. The van der Waals surface area contributed by atoms with Crippen LogP contribution in [0.1, 0.15) is 17.5 Å². The molecule has 100 valence electrons. The summed E-state index contributed by atoms with van der Waals surface area (Å²) < 4.78 is 19.8. The first kappa shape index (κ1) is 14.2. The molecule has 0 amide bonds. The van der Waals surface area contributed by atoms with Crippen molar-refractivity contribution >= 4 is 15.9 Å². The largest absolute Gasteiger partial charge is 0.377 e. The third-order valence-electron chi connectivity index (χ3n) is 2.87. The zero-order valence-corrected chi connectivity index (χ0v) is 12.2. The van der Waals surface area contributed by atoms with Crippen molar-refractivity contribution in [2.75, 3.05) is 6.61 Å². The van der Waals surface area contributed by atoms with Crippen LogP contribution in [0.5, 0.6) is 0 Å². The van der Waals surface area contributed by atoms with Crippen molar-refractivity contribution in [2.45, 2.75) is 19.4 Å². The van der Waals surface area contributed by atoms with Gasteiger partial charge in [0.2, 0.25) is 0 Å². The molecule has 0 saturated carbocycles. The Bertz CT molecular complexity index is 513. The summed E-state index contributed by atoms with van der Waals surface area (Å²) in [5.41, 5.74) is 1.91. The highest BCUT2D eigenvalue weighted by Crippen LogP contribution is 2.16. The van der Waals surface area contributed by atoms with Crippen LogP contribution in [0.3, 0.4) is 0 Å². The van der Waals surface area contributed by atoms with Gasteiger partial charge < -0.3 is 4.74 Å². The second kappa shape index (κ2) is 7.41. The van der Waals surface area contributed by atoms with E-state index >= 15 is 0 Å². The second-order valence-electron chi connectivity index (χ2n) is 4.38. The molecule has 0 bridgehead atoms. The summed E-state index contributed by atoms with van der Waals surface area (Å²) in [5, 5.41) is 0. The van der Waals surface area contributed by atoms with E-state index in [9.17, 15) is 4.39 Å². The second-order valence-corrected chi connectivity index (χ2v) is 5.29. The zero-order valence-electron chi connectivity index (χ0n) is 10.6. The van der Waals surface area contributed by atoms with Crippen LogP contribution in [0.25, 0.3) is 0 Å². The van der Waals surface area contributed by atoms with E-state index in [1.54, 1.807) is 6.07 Å². The standard InChI is InChI=1S/C16H16BrFO/c17-15-9-8-14(16(18)11-15)12-19-10-4-7-13-5-2-1-3-6-13/h1-3,5-6,8-9,11H,4,7,10,12H2. The predicted octanol–water partition coefficient (Wildman–Crippen LogP) is 4.74. The molecule has 2 aromatic carbocycles. The van der Waals surface area contributed by atoms with Crippen LogP contribution in [0.4, 0.5) is 4.39 Å². The Morgan fingerprint density at radius 2 is 1.84 bits per heavy atom. The SMILES string of the molecule is Fc1cc(Br)ccc1COCCCc1ccccc1. The summed E-state index contributed by atoms with van der Waals surface area (Å²) >= 11 is 3.23. The molecule has 0 aliphatic rings. The normalized spacial score (nSPS) is 10.6. The molecule has 0 atom stereocenters. The monoisotopic (exact) mass is 322 g/mol. The molecule has 0 saturated heterocycles. The number of rotatable bonds is 6. The molecule has 0 N–H and O–H groups in total. The van der Waals surface area contributed by atoms with E-state index in [2.05, 4.69) is 28.1 Å². The van der Waals surface area contributed by atoms with Crippen LogP contribution in [0.2, 0.25) is 0 Å². The van der Waals surface area contributed by atoms with Gasteiger partial charge >= 0.3 is 0 Å². The molecular formula is C16H16BrFO. The number of halogens is 2. The summed E-state index contributed by atoms with van der Waals surface area (Å²) in [5.74, 6) is -0.225. The van der Waals surface area contributed by atoms with Crippen molar-refractivity contribution in [3.63, 3.8) is 0 Å². The minimum atomic E-state index is -0.225. The molecule has 0 aromatic heterocycles. The van der Waals surface area contributed by atoms with Gasteiger partial charge in [-0.2, -0.15) is 0 Å². The number of benzene rings is 2. The Balaban J connectivity index is 1.69. The maximum atomic E-state index is 13.5. The smallest absolute Gasteiger partial charge is 0.129 e. The highest BCUT2D eigenvalue weighted by Gasteiger charge is 2.02. The Morgan fingerprint density at radius 1 is 1.05 bits per heavy atom. The van der Waals surface area contributed by atoms with Crippen LogP contribution in [-0.2, 0) is 17.8 Å². The summed E-state index contributed by atoms with van der Waals surface area (Å²) in [4.78, 5) is 0. The molecule has 0 unspecified atom stereocenters. The molecule has 0 spiro atoms. The van der Waals surface area contributed by atoms with Crippen molar-refractivity contribution in [3.8, 4) is 0 Å². The highest BCUT2D eigenvalue weighted by molar-refractivity contribution is 9.10. The van der Waals surface area contributed by atoms with Crippen molar-refractivity contribution in [2.24, 2.45) is 0 Å². The fraction of sp³-hybridized carbons (Fsp3) is 0.250. The van der Waals surface area contributed by atoms with E-state index in [1.165, 1.54) is 11.6 Å². The van der Waals surface area contributed by atoms with Gasteiger partial charge in [0, 0.05) is 16.6 Å². The lowest BCUT2D eigenvalue weighted by Gasteiger charge is -2.06. The first-order chi connectivity index (χ1) is 9.25. The van der Waals surface area contributed by atoms with Crippen LogP contribution in [-0.4, -0.2) is 6.61 Å². The van der Waals surface area contributed by atoms with E-state index in [4.69, 9.17) is 4.74 Å². The average molecular weight is 323 g/mol. The third kappa shape index (κ3) is 4.77. The summed E-state index contributed by atoms with van der Waals surface area (Å²) in [6.07, 6.45) is 1.94. The van der Waals surface area contributed by atoms with Crippen molar-refractivity contribution < 1.29 is 9.13 Å². The molecule has 0 heterocycles. The Morgan fingerprint density at radius 3 is 2.58 bits per heavy atom. The van der Waals surface area contributed by atoms with Gasteiger partial charge in [-0.1, -0.05) is 52.3 Å². The Labute approximate surface area is 121 Å². The van der Waals surface area contributed by atoms with Crippen LogP contribution in [0.15, 0.2) is 53.0 Å². The maximum absolute atomic E-state index is 13.5. The van der Waals surface area contributed by atoms with Gasteiger partial charge in [0.15, 0.2) is 0 Å². The van der Waals surface area contributed by atoms with Gasteiger partial charge in [-0.15, -0.1) is 0 Å². The highest BCUT2D eigenvalue weighted by atomic mass is 79.9. The third-order valence-corrected chi connectivity index (χ3v) is 3.36. The number of hydrogen-bond acceptors (Lipinski definition) is 1. The van der Waals surface area contributed by atoms with E-state index in [-0.39, 0.29) is 5.82 Å². The maximum Gasteiger partial charge on any atom is 0.129 e. The molecule has 2 rings (SSSR count). The minimum Gasteiger partial charge on any atom is -0.377 e. The molecule has 19 heavy (non-hydrogen) atoms. The van der Waals surface area contributed by atoms with E-state index < -0.39 is 0 Å². The molecule has 0 radical (unpaired) electrons. The first-order valence-electron chi connectivity index (χ1n) is 6.31. The fourth-order valence-corrected chi connectivity index (χ4v) is 2.18. The zero-order chi connectivity index (χ0) is 13.5. The van der Waals surface area contributed by atoms with Crippen LogP contribution >= 0.6 is 15.9 Å². The van der Waals surface area contributed by atoms with E-state index in [0.717, 1.165) is 17.3 Å². The van der Waals surface area contributed by atoms with Crippen LogP contribution < -0.4 is 0 Å². The van der Waals surface area contributed by atoms with Crippen molar-refractivity contribution in [1.82, 2.24) is 0 Å². The average Bonchev–Trinajstić information content (AvgIpc) is 2.42. The fourth-order valence-electron chi connectivity index (χ4n) is 1.84. The Hall–Kier alpha value is -1.19. The van der Waals surface area contributed by atoms with Gasteiger partial charge in [0.25, 0.3) is 0 Å². The summed E-state index contributed by atoms with van der Waals surface area (Å²) in [7, 11) is 0. The lowest BCUT2D eigenvalue weighted by atomic mass is 10.1. The van der Waals surface area contributed by atoms with E-state index in [0.29, 0.717) is 18.8 Å². The van der Waals surface area contributed by atoms with Crippen molar-refractivity contribution in [3.05, 3.63) is 69.9 Å². The molecule has 0 aliphatic heterocycles. The van der Waals surface area contributed by atoms with Gasteiger partial charge in [0.1, 0.15) is 5.82 Å². The summed E-state index contributed by atoms with van der Waals surface area (Å²) in [6.45, 7) is 0.971. The van der Waals surface area contributed by atoms with Gasteiger partial charge in [-0.3, -0.25) is 0 Å². The lowest BCUT2D eigenvalue weighted by Crippen LogP contribution is -1.99. The van der Waals surface area contributed by atoms with Gasteiger partial charge in [-0.05, 0) is 30.5 Å². The quantitative estimate of drug-likeness (QED) is 0.698. The molecule has 2 aromatic rings. The van der Waals surface area contributed by atoms with E-state index in [1.807, 2.05) is 24.3 Å². The molecule has 3 heteroatoms. The number of ether oxygens (including phenoxy) is 1. The minimum absolute atomic E-state index is 0.225. The lowest BCUT2D eigenvalue weighted by molar-refractivity contribution is 0.116. The van der Waals surface area contributed by atoms with Crippen LogP contribution in [0, 0.1) is 5.82 Å². The molecule has 0 aliphatic carbocycles. The summed E-state index contributed by atoms with van der Waals surface area (Å²) in [6, 6.07) is 15.3. The van der Waals surface area contributed by atoms with Gasteiger partial charge in [0.05, 0.1) is 6.61 Å². The topological polar surface area (TPSA) is 9.23 Å². The Kier molecular flexibility index (Phi) is 5.55. The molecule has 1 nitrogen and oxygen atoms in total. The molecule has 0 fully saturated rings. The van der Waals surface area contributed by atoms with Gasteiger partial charge in [-0.25, -0.2) is 4.39 Å². The van der Waals surface area contributed by atoms with Crippen molar-refractivity contribution in [1.29, 1.82) is 0 Å². The molecular weight excluding hydrogens is 307 g/mol. The predicted molar refractivity (Wildman–Crippen MR) is 78.5 cm³/mol. The number of hydrogen-bond donors (Lipinski definition) is 0. The first-order valence-corrected chi connectivity index (χ1v) is 7.10.